The van der Waals surface area contributed by atoms with Crippen LogP contribution in [0.2, 0.25) is 18.1 Å². The Bertz CT molecular complexity index is 2300. The molecule has 5 aromatic carbocycles. The fourth-order valence-electron chi connectivity index (χ4n) is 7.66. The van der Waals surface area contributed by atoms with Gasteiger partial charge in [-0.2, -0.15) is 0 Å². The first kappa shape index (κ1) is 51.5. The van der Waals surface area contributed by atoms with Crippen LogP contribution < -0.4 is 25.4 Å². The first-order valence-corrected chi connectivity index (χ1v) is 26.0. The Hall–Kier alpha value is -5.43. The first-order chi connectivity index (χ1) is 31.6. The minimum atomic E-state index is -2.17. The zero-order chi connectivity index (χ0) is 47.7. The summed E-state index contributed by atoms with van der Waals surface area (Å²) in [5.41, 5.74) is 6.31. The van der Waals surface area contributed by atoms with Gasteiger partial charge in [-0.1, -0.05) is 124 Å². The fraction of sp³-hybridized carbons (Fsp3) is 0.400. The number of benzene rings is 5. The van der Waals surface area contributed by atoms with Gasteiger partial charge in [-0.05, 0) is 129 Å². The van der Waals surface area contributed by atoms with E-state index in [0.717, 1.165) is 38.9 Å². The van der Waals surface area contributed by atoms with Crippen LogP contribution in [-0.2, 0) is 56.2 Å². The highest BCUT2D eigenvalue weighted by molar-refractivity contribution is 6.74. The number of hydrogen-bond acceptors (Lipinski definition) is 10. The maximum Gasteiger partial charge on any atom is 0.310 e. The highest BCUT2D eigenvalue weighted by Gasteiger charge is 2.40. The molecule has 0 amide bonds. The predicted octanol–water partition coefficient (Wildman–Crippen LogP) is 9.68. The van der Waals surface area contributed by atoms with Crippen molar-refractivity contribution in [2.45, 2.75) is 110 Å². The minimum absolute atomic E-state index is 0.00991. The maximum atomic E-state index is 14.5. The van der Waals surface area contributed by atoms with E-state index in [1.54, 1.807) is 21.0 Å². The summed E-state index contributed by atoms with van der Waals surface area (Å²) in [6.07, 6.45) is 0.790. The molecule has 0 aromatic heterocycles. The number of hydrogen-bond donors (Lipinski definition) is 3. The SMILES string of the molecule is CNC[C@@H](C[C@H](NC)C(=O)C[C@@H](Cc1cc(-c2ccc(OCc3ccccc3)c(C[C@H](NC)C(C)=O)c2)ccc1OCc1ccccc1)C(=O)OCc1ccccc1)O[Si](C)(C)C(C)(C)C. The molecule has 66 heavy (non-hydrogen) atoms. The zero-order valence-electron chi connectivity index (χ0n) is 40.4. The number of nitrogens with one attached hydrogen (secondary N) is 3. The number of likely N-dealkylation sites (N-methyl/N-ethyl adjacent to an activating group) is 3. The summed E-state index contributed by atoms with van der Waals surface area (Å²) in [5, 5.41) is 9.68. The monoisotopic (exact) mass is 914 g/mol. The van der Waals surface area contributed by atoms with Gasteiger partial charge in [0, 0.05) is 13.0 Å². The molecular weight excluding hydrogens is 843 g/mol. The number of ketones is 2. The Balaban J connectivity index is 1.52. The Morgan fingerprint density at radius 3 is 1.53 bits per heavy atom. The summed E-state index contributed by atoms with van der Waals surface area (Å²) in [4.78, 5) is 41.5. The Labute approximate surface area is 394 Å². The maximum absolute atomic E-state index is 14.5. The average Bonchev–Trinajstić information content (AvgIpc) is 3.30. The van der Waals surface area contributed by atoms with E-state index < -0.39 is 32.3 Å². The third-order valence-electron chi connectivity index (χ3n) is 12.6. The van der Waals surface area contributed by atoms with E-state index >= 15 is 0 Å². The van der Waals surface area contributed by atoms with E-state index in [-0.39, 0.29) is 42.2 Å². The third-order valence-corrected chi connectivity index (χ3v) is 17.1. The molecule has 0 aliphatic carbocycles. The third kappa shape index (κ3) is 15.3. The second-order valence-corrected chi connectivity index (χ2v) is 23.4. The Morgan fingerprint density at radius 1 is 0.621 bits per heavy atom. The molecule has 0 fully saturated rings. The van der Waals surface area contributed by atoms with Gasteiger partial charge in [-0.15, -0.1) is 0 Å². The number of ether oxygens (including phenoxy) is 3. The number of rotatable bonds is 26. The lowest BCUT2D eigenvalue weighted by atomic mass is 9.89. The quantitative estimate of drug-likeness (QED) is 0.0365. The molecule has 10 nitrogen and oxygen atoms in total. The summed E-state index contributed by atoms with van der Waals surface area (Å²) in [5.74, 6) is -0.0604. The van der Waals surface area contributed by atoms with E-state index in [2.05, 4.69) is 55.9 Å². The molecule has 0 radical (unpaired) electrons. The molecule has 352 valence electrons. The number of Topliss-reactive ketones (excluding diaryl/α,β-unsaturated/α-hetero) is 2. The van der Waals surface area contributed by atoms with Gasteiger partial charge in [0.1, 0.15) is 37.1 Å². The van der Waals surface area contributed by atoms with Crippen LogP contribution in [0.5, 0.6) is 11.5 Å². The molecule has 3 N–H and O–H groups in total. The lowest BCUT2D eigenvalue weighted by molar-refractivity contribution is -0.151. The van der Waals surface area contributed by atoms with Gasteiger partial charge in [-0.3, -0.25) is 14.4 Å². The zero-order valence-corrected chi connectivity index (χ0v) is 41.4. The van der Waals surface area contributed by atoms with Crippen molar-refractivity contribution < 1.29 is 33.0 Å². The van der Waals surface area contributed by atoms with Gasteiger partial charge in [0.2, 0.25) is 0 Å². The van der Waals surface area contributed by atoms with Gasteiger partial charge in [-0.25, -0.2) is 0 Å². The van der Waals surface area contributed by atoms with Crippen molar-refractivity contribution in [2.24, 2.45) is 5.92 Å². The van der Waals surface area contributed by atoms with Gasteiger partial charge >= 0.3 is 5.97 Å². The topological polar surface area (TPSA) is 124 Å². The lowest BCUT2D eigenvalue weighted by Gasteiger charge is -2.40. The first-order valence-electron chi connectivity index (χ1n) is 23.1. The molecule has 5 rings (SSSR count). The van der Waals surface area contributed by atoms with Gasteiger partial charge in [0.05, 0.1) is 24.1 Å². The van der Waals surface area contributed by atoms with Gasteiger partial charge in [0.15, 0.2) is 14.1 Å². The minimum Gasteiger partial charge on any atom is -0.489 e. The van der Waals surface area contributed by atoms with Crippen LogP contribution in [0.4, 0.5) is 0 Å². The van der Waals surface area contributed by atoms with Crippen LogP contribution in [-0.4, -0.2) is 71.7 Å². The van der Waals surface area contributed by atoms with Crippen molar-refractivity contribution in [2.75, 3.05) is 27.7 Å². The van der Waals surface area contributed by atoms with Gasteiger partial charge < -0.3 is 34.6 Å². The van der Waals surface area contributed by atoms with Crippen LogP contribution in [0.15, 0.2) is 127 Å². The molecule has 0 bridgehead atoms. The van der Waals surface area contributed by atoms with E-state index in [0.29, 0.717) is 44.1 Å². The molecule has 11 heteroatoms. The summed E-state index contributed by atoms with van der Waals surface area (Å²) < 4.78 is 25.7. The fourth-order valence-corrected chi connectivity index (χ4v) is 9.03. The van der Waals surface area contributed by atoms with Crippen molar-refractivity contribution in [1.29, 1.82) is 0 Å². The van der Waals surface area contributed by atoms with Crippen molar-refractivity contribution >= 4 is 25.9 Å². The summed E-state index contributed by atoms with van der Waals surface area (Å²) in [6.45, 7) is 14.0. The molecule has 0 spiro atoms. The molecule has 0 aliphatic rings. The lowest BCUT2D eigenvalue weighted by Crippen LogP contribution is -2.49. The van der Waals surface area contributed by atoms with Crippen LogP contribution in [0.25, 0.3) is 11.1 Å². The molecule has 5 aromatic rings. The molecule has 0 saturated carbocycles. The highest BCUT2D eigenvalue weighted by atomic mass is 28.4. The van der Waals surface area contributed by atoms with Crippen molar-refractivity contribution in [1.82, 2.24) is 16.0 Å². The largest absolute Gasteiger partial charge is 0.489 e. The number of esters is 1. The van der Waals surface area contributed by atoms with E-state index in [9.17, 15) is 14.4 Å². The summed E-state index contributed by atoms with van der Waals surface area (Å²) >= 11 is 0. The van der Waals surface area contributed by atoms with E-state index in [1.165, 1.54) is 0 Å². The summed E-state index contributed by atoms with van der Waals surface area (Å²) in [7, 11) is 3.30. The standard InChI is InChI=1S/C55H71N3O7Si/c1-39(59)49(57-6)32-46-30-44(26-28-53(46)63-37-41-21-15-11-16-22-41)43-25-27-52(62-36-40-19-13-10-14-20-40)45(29-43)31-47(54(61)64-38-42-23-17-12-18-24-42)33-51(60)50(58-7)34-48(35-56-5)65-66(8,9)55(2,3)4/h10-30,47-50,56-58H,31-38H2,1-9H3/t47-,48-,49+,50+/m1/s1. The average molecular weight is 914 g/mol. The molecule has 4 atom stereocenters. The molecule has 0 heterocycles. The Morgan fingerprint density at radius 2 is 1.09 bits per heavy atom. The second-order valence-electron chi connectivity index (χ2n) is 18.6. The van der Waals surface area contributed by atoms with Crippen molar-refractivity contribution in [3.8, 4) is 22.6 Å². The van der Waals surface area contributed by atoms with E-state index in [4.69, 9.17) is 18.6 Å². The number of carbonyl (C=O) groups excluding carboxylic acids is 3. The summed E-state index contributed by atoms with van der Waals surface area (Å²) in [6, 6.07) is 40.5. The van der Waals surface area contributed by atoms with Gasteiger partial charge in [0.25, 0.3) is 0 Å². The van der Waals surface area contributed by atoms with Crippen LogP contribution >= 0.6 is 0 Å². The van der Waals surface area contributed by atoms with E-state index in [1.807, 2.05) is 128 Å². The van der Waals surface area contributed by atoms with Crippen molar-refractivity contribution in [3.63, 3.8) is 0 Å². The highest BCUT2D eigenvalue weighted by Crippen LogP contribution is 2.38. The van der Waals surface area contributed by atoms with Crippen LogP contribution in [0.3, 0.4) is 0 Å². The molecule has 0 unspecified atom stereocenters. The predicted molar refractivity (Wildman–Crippen MR) is 267 cm³/mol. The van der Waals surface area contributed by atoms with Crippen LogP contribution in [0, 0.1) is 5.92 Å². The molecule has 0 aliphatic heterocycles. The molecular formula is C55H71N3O7Si. The van der Waals surface area contributed by atoms with Crippen molar-refractivity contribution in [3.05, 3.63) is 155 Å². The normalized spacial score (nSPS) is 13.6. The Kier molecular flexibility index (Phi) is 19.5. The number of carbonyl (C=O) groups is 3. The second kappa shape index (κ2) is 24.9. The molecule has 0 saturated heterocycles. The smallest absolute Gasteiger partial charge is 0.310 e. The van der Waals surface area contributed by atoms with Crippen LogP contribution in [0.1, 0.15) is 68.4 Å².